The second-order valence-corrected chi connectivity index (χ2v) is 5.94. The first kappa shape index (κ1) is 14.1. The van der Waals surface area contributed by atoms with E-state index in [9.17, 15) is 0 Å². The fourth-order valence-electron chi connectivity index (χ4n) is 1.49. The maximum Gasteiger partial charge on any atom is 0.529 e. The SMILES string of the molecule is CCO[Si](C=Cc1ccccc1)(OC)OCC. The fourth-order valence-corrected chi connectivity index (χ4v) is 3.34. The van der Waals surface area contributed by atoms with Gasteiger partial charge in [-0.25, -0.2) is 0 Å². The molecule has 1 rings (SSSR count). The van der Waals surface area contributed by atoms with Crippen LogP contribution in [0.4, 0.5) is 0 Å². The van der Waals surface area contributed by atoms with Crippen molar-refractivity contribution in [3.8, 4) is 0 Å². The van der Waals surface area contributed by atoms with Gasteiger partial charge in [-0.2, -0.15) is 0 Å². The molecule has 0 aliphatic heterocycles. The Bertz CT molecular complexity index is 332. The first-order valence-electron chi connectivity index (χ1n) is 5.83. The highest BCUT2D eigenvalue weighted by atomic mass is 28.4. The topological polar surface area (TPSA) is 27.7 Å². The van der Waals surface area contributed by atoms with Crippen LogP contribution in [0.3, 0.4) is 0 Å². The van der Waals surface area contributed by atoms with Gasteiger partial charge in [0.05, 0.1) is 0 Å². The van der Waals surface area contributed by atoms with Gasteiger partial charge in [0.15, 0.2) is 0 Å². The third-order valence-corrected chi connectivity index (χ3v) is 4.78. The summed E-state index contributed by atoms with van der Waals surface area (Å²) in [5, 5.41) is 0. The van der Waals surface area contributed by atoms with Crippen molar-refractivity contribution >= 4 is 14.9 Å². The van der Waals surface area contributed by atoms with E-state index in [0.29, 0.717) is 13.2 Å². The summed E-state index contributed by atoms with van der Waals surface area (Å²) in [6.45, 7) is 5.05. The van der Waals surface area contributed by atoms with E-state index < -0.39 is 8.80 Å². The van der Waals surface area contributed by atoms with Crippen LogP contribution < -0.4 is 0 Å². The van der Waals surface area contributed by atoms with Crippen LogP contribution in [-0.2, 0) is 13.3 Å². The lowest BCUT2D eigenvalue weighted by molar-refractivity contribution is 0.100. The van der Waals surface area contributed by atoms with E-state index in [1.165, 1.54) is 0 Å². The van der Waals surface area contributed by atoms with Gasteiger partial charge in [0, 0.05) is 20.3 Å². The van der Waals surface area contributed by atoms with Gasteiger partial charge in [-0.15, -0.1) is 0 Å². The van der Waals surface area contributed by atoms with Crippen molar-refractivity contribution < 1.29 is 13.3 Å². The molecule has 0 atom stereocenters. The zero-order chi connectivity index (χ0) is 12.6. The smallest absolute Gasteiger partial charge is 0.374 e. The quantitative estimate of drug-likeness (QED) is 0.698. The van der Waals surface area contributed by atoms with E-state index in [2.05, 4.69) is 0 Å². The lowest BCUT2D eigenvalue weighted by atomic mass is 10.2. The average molecular weight is 252 g/mol. The van der Waals surface area contributed by atoms with Crippen LogP contribution >= 0.6 is 0 Å². The van der Waals surface area contributed by atoms with Crippen LogP contribution in [0.1, 0.15) is 19.4 Å². The zero-order valence-corrected chi connectivity index (χ0v) is 11.7. The van der Waals surface area contributed by atoms with Gasteiger partial charge in [-0.1, -0.05) is 36.4 Å². The van der Waals surface area contributed by atoms with Crippen LogP contribution in [0.15, 0.2) is 36.0 Å². The molecule has 0 saturated carbocycles. The van der Waals surface area contributed by atoms with Crippen LogP contribution in [0.5, 0.6) is 0 Å². The maximum atomic E-state index is 5.65. The number of hydrogen-bond donors (Lipinski definition) is 0. The molecule has 0 unspecified atom stereocenters. The normalized spacial score (nSPS) is 12.2. The highest BCUT2D eigenvalue weighted by molar-refractivity contribution is 6.67. The molecule has 0 aliphatic rings. The molecule has 0 aromatic heterocycles. The summed E-state index contributed by atoms with van der Waals surface area (Å²) in [6.07, 6.45) is 1.99. The Kier molecular flexibility index (Phi) is 6.14. The van der Waals surface area contributed by atoms with E-state index >= 15 is 0 Å². The summed E-state index contributed by atoms with van der Waals surface area (Å²) < 4.78 is 16.7. The average Bonchev–Trinajstić information content (AvgIpc) is 2.38. The fraction of sp³-hybridized carbons (Fsp3) is 0.385. The molecule has 0 bridgehead atoms. The summed E-state index contributed by atoms with van der Waals surface area (Å²) in [5.41, 5.74) is 3.04. The molecule has 94 valence electrons. The molecular formula is C13H20O3Si. The summed E-state index contributed by atoms with van der Waals surface area (Å²) in [7, 11) is -1.00. The van der Waals surface area contributed by atoms with Gasteiger partial charge in [0.2, 0.25) is 0 Å². The molecule has 0 radical (unpaired) electrons. The van der Waals surface area contributed by atoms with Crippen LogP contribution in [0.25, 0.3) is 6.08 Å². The van der Waals surface area contributed by atoms with Gasteiger partial charge in [0.25, 0.3) is 0 Å². The molecular weight excluding hydrogens is 232 g/mol. The Morgan fingerprint density at radius 1 is 1.06 bits per heavy atom. The molecule has 1 aromatic rings. The van der Waals surface area contributed by atoms with E-state index in [1.807, 2.05) is 56.0 Å². The van der Waals surface area contributed by atoms with E-state index in [0.717, 1.165) is 5.56 Å². The lowest BCUT2D eigenvalue weighted by Crippen LogP contribution is -2.43. The standard InChI is InChI=1S/C13H20O3Si/c1-4-15-17(14-3,16-5-2)12-11-13-9-7-6-8-10-13/h6-12H,4-5H2,1-3H3. The minimum atomic E-state index is -2.63. The third-order valence-electron chi connectivity index (χ3n) is 2.26. The molecule has 0 spiro atoms. The molecule has 0 N–H and O–H groups in total. The van der Waals surface area contributed by atoms with Crippen LogP contribution in [-0.4, -0.2) is 29.1 Å². The number of benzene rings is 1. The molecule has 0 amide bonds. The Balaban J connectivity index is 2.81. The highest BCUT2D eigenvalue weighted by Gasteiger charge is 2.36. The van der Waals surface area contributed by atoms with Crippen LogP contribution in [0.2, 0.25) is 0 Å². The van der Waals surface area contributed by atoms with E-state index in [4.69, 9.17) is 13.3 Å². The van der Waals surface area contributed by atoms with Crippen molar-refractivity contribution in [3.63, 3.8) is 0 Å². The second kappa shape index (κ2) is 7.40. The predicted molar refractivity (Wildman–Crippen MR) is 71.5 cm³/mol. The number of hydrogen-bond acceptors (Lipinski definition) is 3. The Morgan fingerprint density at radius 3 is 2.12 bits per heavy atom. The maximum absolute atomic E-state index is 5.65. The first-order valence-corrected chi connectivity index (χ1v) is 7.64. The molecule has 0 heterocycles. The monoisotopic (exact) mass is 252 g/mol. The van der Waals surface area contributed by atoms with Gasteiger partial charge >= 0.3 is 8.80 Å². The highest BCUT2D eigenvalue weighted by Crippen LogP contribution is 2.13. The molecule has 0 fully saturated rings. The largest absolute Gasteiger partial charge is 0.529 e. The number of rotatable bonds is 7. The Morgan fingerprint density at radius 2 is 1.65 bits per heavy atom. The summed E-state index contributed by atoms with van der Waals surface area (Å²) in [5.74, 6) is 0. The van der Waals surface area contributed by atoms with Crippen molar-refractivity contribution in [1.29, 1.82) is 0 Å². The van der Waals surface area contributed by atoms with Gasteiger partial charge in [-0.05, 0) is 25.1 Å². The van der Waals surface area contributed by atoms with E-state index in [1.54, 1.807) is 7.11 Å². The molecule has 17 heavy (non-hydrogen) atoms. The van der Waals surface area contributed by atoms with Gasteiger partial charge in [-0.3, -0.25) is 0 Å². The summed E-state index contributed by atoms with van der Waals surface area (Å²) >= 11 is 0. The predicted octanol–water partition coefficient (Wildman–Crippen LogP) is 2.90. The molecule has 0 aliphatic carbocycles. The minimum absolute atomic E-state index is 0.583. The van der Waals surface area contributed by atoms with Gasteiger partial charge in [0.1, 0.15) is 0 Å². The van der Waals surface area contributed by atoms with Crippen molar-refractivity contribution in [2.75, 3.05) is 20.3 Å². The first-order chi connectivity index (χ1) is 8.26. The van der Waals surface area contributed by atoms with E-state index in [-0.39, 0.29) is 0 Å². The van der Waals surface area contributed by atoms with Gasteiger partial charge < -0.3 is 13.3 Å². The Hall–Kier alpha value is -0.943. The van der Waals surface area contributed by atoms with Crippen molar-refractivity contribution in [3.05, 3.63) is 41.6 Å². The Labute approximate surface area is 104 Å². The van der Waals surface area contributed by atoms with Crippen LogP contribution in [0, 0.1) is 0 Å². The zero-order valence-electron chi connectivity index (χ0n) is 10.7. The summed E-state index contributed by atoms with van der Waals surface area (Å²) in [4.78, 5) is 0. The lowest BCUT2D eigenvalue weighted by Gasteiger charge is -2.23. The van der Waals surface area contributed by atoms with Crippen molar-refractivity contribution in [2.45, 2.75) is 13.8 Å². The molecule has 1 aromatic carbocycles. The molecule has 3 nitrogen and oxygen atoms in total. The summed E-state index contributed by atoms with van der Waals surface area (Å²) in [6, 6.07) is 10.0. The minimum Gasteiger partial charge on any atom is -0.374 e. The molecule has 0 saturated heterocycles. The third kappa shape index (κ3) is 4.44. The van der Waals surface area contributed by atoms with Crippen molar-refractivity contribution in [2.24, 2.45) is 0 Å². The molecule has 4 heteroatoms. The second-order valence-electron chi connectivity index (χ2n) is 3.42. The van der Waals surface area contributed by atoms with Crippen molar-refractivity contribution in [1.82, 2.24) is 0 Å².